The fourth-order valence-electron chi connectivity index (χ4n) is 5.08. The van der Waals surface area contributed by atoms with Crippen molar-refractivity contribution in [2.45, 2.75) is 71.8 Å². The minimum atomic E-state index is -0.753. The van der Waals surface area contributed by atoms with Gasteiger partial charge in [0, 0.05) is 31.5 Å². The predicted octanol–water partition coefficient (Wildman–Crippen LogP) is 5.58. The van der Waals surface area contributed by atoms with Crippen LogP contribution in [0.3, 0.4) is 0 Å². The zero-order chi connectivity index (χ0) is 26.4. The third-order valence-corrected chi connectivity index (χ3v) is 6.80. The van der Waals surface area contributed by atoms with Crippen molar-refractivity contribution < 1.29 is 33.0 Å². The van der Waals surface area contributed by atoms with Crippen molar-refractivity contribution in [3.63, 3.8) is 0 Å². The molecule has 0 amide bonds. The fourth-order valence-corrected chi connectivity index (χ4v) is 5.08. The van der Waals surface area contributed by atoms with Crippen LogP contribution >= 0.6 is 0 Å². The quantitative estimate of drug-likeness (QED) is 0.311. The van der Waals surface area contributed by atoms with Crippen LogP contribution in [0.15, 0.2) is 30.5 Å². The van der Waals surface area contributed by atoms with Crippen LogP contribution in [-0.2, 0) is 14.3 Å². The van der Waals surface area contributed by atoms with Crippen molar-refractivity contribution >= 4 is 17.7 Å². The maximum absolute atomic E-state index is 13.8. The Bertz CT molecular complexity index is 1110. The number of rotatable bonds is 10. The van der Waals surface area contributed by atoms with Crippen LogP contribution in [0.25, 0.3) is 0 Å². The van der Waals surface area contributed by atoms with Crippen molar-refractivity contribution in [1.82, 2.24) is 4.98 Å². The standard InChI is InChI=1S/C28H34FNO6/c1-16-14-21(29)10-11-22(16)25(20-8-6-7-9-20)18(3)35-28(33)17(2)15-23(32)26-27(36-19(4)31)24(34-5)12-13-30-26/h10-14,17-18,20,25H,6-9,15H2,1-5H3/t17-,18+,25+/m1/s1. The fraction of sp³-hybridized carbons (Fsp3) is 0.500. The van der Waals surface area contributed by atoms with Gasteiger partial charge in [0.15, 0.2) is 17.2 Å². The number of nitrogens with zero attached hydrogens (tertiary/aromatic N) is 1. The molecule has 0 unspecified atom stereocenters. The summed E-state index contributed by atoms with van der Waals surface area (Å²) in [5.41, 5.74) is 1.74. The number of ketones is 1. The Morgan fingerprint density at radius 3 is 2.44 bits per heavy atom. The molecule has 0 N–H and O–H groups in total. The number of benzene rings is 1. The number of esters is 2. The number of hydrogen-bond acceptors (Lipinski definition) is 7. The van der Waals surface area contributed by atoms with Crippen LogP contribution in [0.2, 0.25) is 0 Å². The molecule has 7 nitrogen and oxygen atoms in total. The Morgan fingerprint density at radius 1 is 1.14 bits per heavy atom. The van der Waals surface area contributed by atoms with Gasteiger partial charge in [-0.3, -0.25) is 14.4 Å². The van der Waals surface area contributed by atoms with Crippen LogP contribution < -0.4 is 9.47 Å². The highest BCUT2D eigenvalue weighted by atomic mass is 19.1. The van der Waals surface area contributed by atoms with Gasteiger partial charge in [0.25, 0.3) is 0 Å². The molecule has 0 spiro atoms. The predicted molar refractivity (Wildman–Crippen MR) is 132 cm³/mol. The molecule has 3 atom stereocenters. The summed E-state index contributed by atoms with van der Waals surface area (Å²) in [5, 5.41) is 0. The monoisotopic (exact) mass is 499 g/mol. The van der Waals surface area contributed by atoms with Crippen molar-refractivity contribution in [2.24, 2.45) is 11.8 Å². The van der Waals surface area contributed by atoms with E-state index in [1.54, 1.807) is 13.0 Å². The van der Waals surface area contributed by atoms with Crippen LogP contribution in [0, 0.1) is 24.6 Å². The zero-order valence-corrected chi connectivity index (χ0v) is 21.5. The van der Waals surface area contributed by atoms with Crippen LogP contribution in [-0.4, -0.2) is 35.9 Å². The Labute approximate surface area is 211 Å². The Morgan fingerprint density at radius 2 is 1.83 bits per heavy atom. The largest absolute Gasteiger partial charge is 0.493 e. The first-order valence-corrected chi connectivity index (χ1v) is 12.3. The molecule has 0 radical (unpaired) electrons. The number of halogens is 1. The molecule has 36 heavy (non-hydrogen) atoms. The third kappa shape index (κ3) is 6.47. The molecule has 2 aromatic rings. The molecule has 0 saturated heterocycles. The van der Waals surface area contributed by atoms with Crippen molar-refractivity contribution in [3.05, 3.63) is 53.1 Å². The third-order valence-electron chi connectivity index (χ3n) is 6.80. The Hall–Kier alpha value is -3.29. The first kappa shape index (κ1) is 27.3. The van der Waals surface area contributed by atoms with Gasteiger partial charge in [0.1, 0.15) is 11.9 Å². The summed E-state index contributed by atoms with van der Waals surface area (Å²) in [5.74, 6) is -2.24. The minimum absolute atomic E-state index is 0.0597. The average molecular weight is 500 g/mol. The van der Waals surface area contributed by atoms with E-state index in [-0.39, 0.29) is 35.3 Å². The normalized spacial score (nSPS) is 16.2. The lowest BCUT2D eigenvalue weighted by atomic mass is 9.79. The van der Waals surface area contributed by atoms with Gasteiger partial charge in [-0.25, -0.2) is 9.37 Å². The van der Waals surface area contributed by atoms with Gasteiger partial charge in [0.05, 0.1) is 13.0 Å². The van der Waals surface area contributed by atoms with Crippen molar-refractivity contribution in [2.75, 3.05) is 7.11 Å². The smallest absolute Gasteiger partial charge is 0.309 e. The zero-order valence-electron chi connectivity index (χ0n) is 21.5. The van der Waals surface area contributed by atoms with E-state index in [9.17, 15) is 18.8 Å². The lowest BCUT2D eigenvalue weighted by molar-refractivity contribution is -0.154. The number of pyridine rings is 1. The number of hydrogen-bond donors (Lipinski definition) is 0. The summed E-state index contributed by atoms with van der Waals surface area (Å²) in [7, 11) is 1.39. The molecule has 1 saturated carbocycles. The second-order valence-electron chi connectivity index (χ2n) is 9.53. The molecule has 1 aromatic heterocycles. The van der Waals surface area contributed by atoms with E-state index >= 15 is 0 Å². The molecular weight excluding hydrogens is 465 g/mol. The number of carbonyl (C=O) groups is 3. The maximum atomic E-state index is 13.8. The summed E-state index contributed by atoms with van der Waals surface area (Å²) in [6, 6.07) is 6.22. The van der Waals surface area contributed by atoms with E-state index in [2.05, 4.69) is 4.98 Å². The highest BCUT2D eigenvalue weighted by Gasteiger charge is 2.35. The highest BCUT2D eigenvalue weighted by molar-refractivity contribution is 5.99. The molecular formula is C28H34FNO6. The van der Waals surface area contributed by atoms with E-state index in [0.717, 1.165) is 36.8 Å². The van der Waals surface area contributed by atoms with Gasteiger partial charge in [-0.05, 0) is 55.9 Å². The Kier molecular flexibility index (Phi) is 9.18. The number of carbonyl (C=O) groups excluding carboxylic acids is 3. The van der Waals surface area contributed by atoms with Crippen LogP contribution in [0.4, 0.5) is 4.39 Å². The molecule has 0 aliphatic heterocycles. The maximum Gasteiger partial charge on any atom is 0.309 e. The van der Waals surface area contributed by atoms with Crippen molar-refractivity contribution in [3.8, 4) is 11.5 Å². The number of aromatic nitrogens is 1. The number of ether oxygens (including phenoxy) is 3. The van der Waals surface area contributed by atoms with E-state index in [1.165, 1.54) is 38.4 Å². The number of aryl methyl sites for hydroxylation is 1. The molecule has 3 rings (SSSR count). The SMILES string of the molecule is COc1ccnc(C(=O)C[C@@H](C)C(=O)O[C@@H](C)[C@H](c2ccc(F)cc2C)C2CCCC2)c1OC(C)=O. The topological polar surface area (TPSA) is 91.8 Å². The van der Waals surface area contributed by atoms with Gasteiger partial charge < -0.3 is 14.2 Å². The van der Waals surface area contributed by atoms with E-state index in [1.807, 2.05) is 13.8 Å². The first-order valence-electron chi connectivity index (χ1n) is 12.3. The molecule has 0 bridgehead atoms. The molecule has 1 heterocycles. The van der Waals surface area contributed by atoms with E-state index in [0.29, 0.717) is 5.92 Å². The van der Waals surface area contributed by atoms with E-state index in [4.69, 9.17) is 14.2 Å². The first-order chi connectivity index (χ1) is 17.1. The van der Waals surface area contributed by atoms with Crippen LogP contribution in [0.5, 0.6) is 11.5 Å². The number of methoxy groups -OCH3 is 1. The molecule has 194 valence electrons. The summed E-state index contributed by atoms with van der Waals surface area (Å²) < 4.78 is 30.0. The molecule has 1 aliphatic carbocycles. The van der Waals surface area contributed by atoms with Crippen molar-refractivity contribution in [1.29, 1.82) is 0 Å². The number of Topliss-reactive ketones (excluding diaryl/α,β-unsaturated/α-hetero) is 1. The second kappa shape index (κ2) is 12.1. The minimum Gasteiger partial charge on any atom is -0.493 e. The van der Waals surface area contributed by atoms with Gasteiger partial charge in [-0.15, -0.1) is 0 Å². The summed E-state index contributed by atoms with van der Waals surface area (Å²) in [6.45, 7) is 6.57. The van der Waals surface area contributed by atoms with E-state index < -0.39 is 29.7 Å². The summed E-state index contributed by atoms with van der Waals surface area (Å²) in [4.78, 5) is 41.6. The van der Waals surface area contributed by atoms with Gasteiger partial charge >= 0.3 is 11.9 Å². The molecule has 8 heteroatoms. The molecule has 1 fully saturated rings. The average Bonchev–Trinajstić information content (AvgIpc) is 3.34. The molecule has 1 aromatic carbocycles. The van der Waals surface area contributed by atoms with Gasteiger partial charge in [-0.1, -0.05) is 25.8 Å². The van der Waals surface area contributed by atoms with Crippen LogP contribution in [0.1, 0.15) is 80.4 Å². The summed E-state index contributed by atoms with van der Waals surface area (Å²) >= 11 is 0. The second-order valence-corrected chi connectivity index (χ2v) is 9.53. The van der Waals surface area contributed by atoms with Gasteiger partial charge in [0.2, 0.25) is 5.75 Å². The Balaban J connectivity index is 1.75. The highest BCUT2D eigenvalue weighted by Crippen LogP contribution is 2.41. The lowest BCUT2D eigenvalue weighted by Crippen LogP contribution is -2.30. The van der Waals surface area contributed by atoms with Gasteiger partial charge in [-0.2, -0.15) is 0 Å². The molecule has 1 aliphatic rings. The lowest BCUT2D eigenvalue weighted by Gasteiger charge is -2.31. The summed E-state index contributed by atoms with van der Waals surface area (Å²) in [6.07, 6.45) is 5.03.